The summed E-state index contributed by atoms with van der Waals surface area (Å²) >= 11 is 0. The molecule has 0 fully saturated rings. The first-order chi connectivity index (χ1) is 8.65. The second kappa shape index (κ2) is 5.82. The van der Waals surface area contributed by atoms with E-state index in [9.17, 15) is 21.2 Å². The van der Waals surface area contributed by atoms with Crippen molar-refractivity contribution in [1.29, 1.82) is 0 Å². The third-order valence-corrected chi connectivity index (χ3v) is 4.26. The van der Waals surface area contributed by atoms with Gasteiger partial charge in [0.2, 0.25) is 20.0 Å². The van der Waals surface area contributed by atoms with Gasteiger partial charge in [-0.25, -0.2) is 26.4 Å². The molecule has 0 amide bonds. The maximum absolute atomic E-state index is 13.5. The minimum absolute atomic E-state index is 0.0208. The van der Waals surface area contributed by atoms with E-state index in [2.05, 4.69) is 9.46 Å². The van der Waals surface area contributed by atoms with Gasteiger partial charge in [0, 0.05) is 7.11 Å². The molecule has 0 aliphatic rings. The van der Waals surface area contributed by atoms with Gasteiger partial charge >= 0.3 is 0 Å². The summed E-state index contributed by atoms with van der Waals surface area (Å²) in [5.41, 5.74) is -0.0963. The van der Waals surface area contributed by atoms with Crippen LogP contribution in [0, 0.1) is 5.82 Å². The van der Waals surface area contributed by atoms with Crippen LogP contribution in [0.5, 0.6) is 0 Å². The van der Waals surface area contributed by atoms with Crippen LogP contribution in [0.25, 0.3) is 0 Å². The average molecular weight is 312 g/mol. The van der Waals surface area contributed by atoms with Crippen LogP contribution in [0.2, 0.25) is 0 Å². The number of rotatable bonds is 6. The molecule has 0 radical (unpaired) electrons. The Hall–Kier alpha value is -1.23. The Bertz CT molecular complexity index is 657. The standard InChI is InChI=1S/C9H13FN2O5S2/c1-17-4-5-18(13,14)12-7-2-3-9(8(10)6-7)19(11,15)16/h2-3,6,12H,4-5H2,1H3,(H2,11,15,16). The van der Waals surface area contributed by atoms with Crippen molar-refractivity contribution in [3.8, 4) is 0 Å². The van der Waals surface area contributed by atoms with Crippen molar-refractivity contribution in [3.63, 3.8) is 0 Å². The molecule has 0 aliphatic heterocycles. The Balaban J connectivity index is 2.97. The van der Waals surface area contributed by atoms with E-state index < -0.39 is 30.8 Å². The smallest absolute Gasteiger partial charge is 0.240 e. The predicted octanol–water partition coefficient (Wildman–Crippen LogP) is -0.139. The van der Waals surface area contributed by atoms with E-state index in [1.165, 1.54) is 7.11 Å². The Morgan fingerprint density at radius 2 is 1.95 bits per heavy atom. The first-order valence-electron chi connectivity index (χ1n) is 4.97. The highest BCUT2D eigenvalue weighted by molar-refractivity contribution is 7.92. The van der Waals surface area contributed by atoms with E-state index in [0.29, 0.717) is 0 Å². The lowest BCUT2D eigenvalue weighted by Gasteiger charge is -2.08. The van der Waals surface area contributed by atoms with Crippen molar-refractivity contribution in [2.45, 2.75) is 4.90 Å². The zero-order valence-electron chi connectivity index (χ0n) is 9.96. The molecule has 7 nitrogen and oxygen atoms in total. The van der Waals surface area contributed by atoms with Crippen molar-refractivity contribution in [2.24, 2.45) is 5.14 Å². The topological polar surface area (TPSA) is 116 Å². The van der Waals surface area contributed by atoms with Crippen LogP contribution in [-0.4, -0.2) is 36.3 Å². The normalized spacial score (nSPS) is 12.4. The molecular weight excluding hydrogens is 299 g/mol. The van der Waals surface area contributed by atoms with Gasteiger partial charge in [-0.2, -0.15) is 0 Å². The molecule has 1 aromatic rings. The number of nitrogens with one attached hydrogen (secondary N) is 1. The van der Waals surface area contributed by atoms with Gasteiger partial charge in [0.1, 0.15) is 10.7 Å². The molecule has 0 aromatic heterocycles. The minimum Gasteiger partial charge on any atom is -0.384 e. The zero-order valence-corrected chi connectivity index (χ0v) is 11.6. The molecule has 0 bridgehead atoms. The maximum Gasteiger partial charge on any atom is 0.240 e. The van der Waals surface area contributed by atoms with Crippen molar-refractivity contribution in [1.82, 2.24) is 0 Å². The molecule has 0 unspecified atom stereocenters. The lowest BCUT2D eigenvalue weighted by Crippen LogP contribution is -2.20. The van der Waals surface area contributed by atoms with Crippen molar-refractivity contribution < 1.29 is 26.0 Å². The summed E-state index contributed by atoms with van der Waals surface area (Å²) in [4.78, 5) is -0.702. The number of sulfonamides is 2. The van der Waals surface area contributed by atoms with Crippen LogP contribution < -0.4 is 9.86 Å². The van der Waals surface area contributed by atoms with Gasteiger partial charge in [-0.3, -0.25) is 4.72 Å². The summed E-state index contributed by atoms with van der Waals surface area (Å²) in [6.07, 6.45) is 0. The molecule has 0 saturated carbocycles. The number of benzene rings is 1. The SMILES string of the molecule is COCCS(=O)(=O)Nc1ccc(S(N)(=O)=O)c(F)c1. The van der Waals surface area contributed by atoms with Crippen LogP contribution in [0.3, 0.4) is 0 Å². The maximum atomic E-state index is 13.5. The lowest BCUT2D eigenvalue weighted by atomic mass is 10.3. The van der Waals surface area contributed by atoms with E-state index in [4.69, 9.17) is 5.14 Å². The first kappa shape index (κ1) is 15.8. The third-order valence-electron chi connectivity index (χ3n) is 2.07. The Kier molecular flexibility index (Phi) is 4.85. The highest BCUT2D eigenvalue weighted by Gasteiger charge is 2.16. The Morgan fingerprint density at radius 1 is 1.32 bits per heavy atom. The number of anilines is 1. The Morgan fingerprint density at radius 3 is 2.42 bits per heavy atom. The van der Waals surface area contributed by atoms with E-state index in [1.54, 1.807) is 0 Å². The molecule has 19 heavy (non-hydrogen) atoms. The fourth-order valence-electron chi connectivity index (χ4n) is 1.22. The van der Waals surface area contributed by atoms with Gasteiger partial charge in [-0.1, -0.05) is 0 Å². The number of hydrogen-bond donors (Lipinski definition) is 2. The molecule has 10 heteroatoms. The molecule has 3 N–H and O–H groups in total. The van der Waals surface area contributed by atoms with Gasteiger partial charge in [-0.05, 0) is 18.2 Å². The quantitative estimate of drug-likeness (QED) is 0.758. The second-order valence-corrected chi connectivity index (χ2v) is 6.98. The number of methoxy groups -OCH3 is 1. The summed E-state index contributed by atoms with van der Waals surface area (Å²) in [7, 11) is -6.52. The van der Waals surface area contributed by atoms with Crippen molar-refractivity contribution in [3.05, 3.63) is 24.0 Å². The van der Waals surface area contributed by atoms with E-state index in [-0.39, 0.29) is 18.0 Å². The summed E-state index contributed by atoms with van der Waals surface area (Å²) < 4.78 is 65.1. The molecule has 1 aromatic carbocycles. The number of primary sulfonamides is 1. The number of halogens is 1. The van der Waals surface area contributed by atoms with Crippen LogP contribution >= 0.6 is 0 Å². The average Bonchev–Trinajstić information content (AvgIpc) is 2.24. The zero-order chi connectivity index (χ0) is 14.7. The second-order valence-electron chi connectivity index (χ2n) is 3.60. The van der Waals surface area contributed by atoms with Crippen LogP contribution in [0.1, 0.15) is 0 Å². The number of hydrogen-bond acceptors (Lipinski definition) is 5. The summed E-state index contributed by atoms with van der Waals surface area (Å²) in [6.45, 7) is -0.0208. The minimum atomic E-state index is -4.18. The summed E-state index contributed by atoms with van der Waals surface area (Å²) in [5, 5.41) is 4.78. The third kappa shape index (κ3) is 4.74. The van der Waals surface area contributed by atoms with E-state index >= 15 is 0 Å². The van der Waals surface area contributed by atoms with Gasteiger partial charge in [0.25, 0.3) is 0 Å². The first-order valence-corrected chi connectivity index (χ1v) is 8.17. The molecule has 0 spiro atoms. The van der Waals surface area contributed by atoms with Gasteiger partial charge in [0.15, 0.2) is 0 Å². The molecular formula is C9H13FN2O5S2. The predicted molar refractivity (Wildman–Crippen MR) is 67.1 cm³/mol. The molecule has 0 heterocycles. The fourth-order valence-corrected chi connectivity index (χ4v) is 2.78. The van der Waals surface area contributed by atoms with Crippen LogP contribution in [-0.2, 0) is 24.8 Å². The number of ether oxygens (including phenoxy) is 1. The lowest BCUT2D eigenvalue weighted by molar-refractivity contribution is 0.217. The summed E-state index contributed by atoms with van der Waals surface area (Å²) in [6, 6.07) is 2.73. The van der Waals surface area contributed by atoms with Gasteiger partial charge < -0.3 is 4.74 Å². The van der Waals surface area contributed by atoms with E-state index in [0.717, 1.165) is 18.2 Å². The molecule has 0 aliphatic carbocycles. The molecule has 0 saturated heterocycles. The molecule has 1 rings (SSSR count). The van der Waals surface area contributed by atoms with Gasteiger partial charge in [-0.15, -0.1) is 0 Å². The highest BCUT2D eigenvalue weighted by atomic mass is 32.2. The number of nitrogens with two attached hydrogens (primary N) is 1. The molecule has 108 valence electrons. The van der Waals surface area contributed by atoms with Crippen LogP contribution in [0.4, 0.5) is 10.1 Å². The largest absolute Gasteiger partial charge is 0.384 e. The fraction of sp³-hybridized carbons (Fsp3) is 0.333. The van der Waals surface area contributed by atoms with Gasteiger partial charge in [0.05, 0.1) is 18.0 Å². The monoisotopic (exact) mass is 312 g/mol. The van der Waals surface area contributed by atoms with E-state index in [1.807, 2.05) is 0 Å². The highest BCUT2D eigenvalue weighted by Crippen LogP contribution is 2.18. The summed E-state index contributed by atoms with van der Waals surface area (Å²) in [5.74, 6) is -1.43. The van der Waals surface area contributed by atoms with Crippen LogP contribution in [0.15, 0.2) is 23.1 Å². The van der Waals surface area contributed by atoms with Crippen molar-refractivity contribution >= 4 is 25.7 Å². The van der Waals surface area contributed by atoms with Crippen molar-refractivity contribution in [2.75, 3.05) is 24.2 Å². The Labute approximate surface area is 110 Å². The molecule has 0 atom stereocenters.